The van der Waals surface area contributed by atoms with Crippen molar-refractivity contribution in [3.63, 3.8) is 0 Å². The monoisotopic (exact) mass is 443 g/mol. The number of piperazine rings is 1. The molecule has 1 saturated heterocycles. The minimum Gasteiger partial charge on any atom is -0.481 e. The highest BCUT2D eigenvalue weighted by molar-refractivity contribution is 7.89. The summed E-state index contributed by atoms with van der Waals surface area (Å²) in [5, 5.41) is 0. The van der Waals surface area contributed by atoms with Crippen LogP contribution in [0.25, 0.3) is 0 Å². The standard InChI is InChI=1S/C21H25N5O4S/c1-14-22-18(13-19(23-14)30-2)24-7-9-25(10-8-24)31(28,29)17-11-15-3-4-20(27)26-6-5-16(12-17)21(15)26/h11-13H,3-10H2,1-2H3. The molecule has 10 heteroatoms. The van der Waals surface area contributed by atoms with E-state index in [-0.39, 0.29) is 5.91 Å². The first kappa shape index (κ1) is 20.2. The number of nitrogens with zero attached hydrogens (tertiary/aromatic N) is 5. The first-order valence-electron chi connectivity index (χ1n) is 10.5. The molecule has 9 nitrogen and oxygen atoms in total. The highest BCUT2D eigenvalue weighted by Gasteiger charge is 2.35. The predicted octanol–water partition coefficient (Wildman–Crippen LogP) is 1.14. The molecule has 1 fully saturated rings. The van der Waals surface area contributed by atoms with E-state index in [1.807, 2.05) is 6.92 Å². The largest absolute Gasteiger partial charge is 0.481 e. The van der Waals surface area contributed by atoms with E-state index in [1.165, 1.54) is 0 Å². The van der Waals surface area contributed by atoms with Crippen LogP contribution in [-0.4, -0.2) is 68.4 Å². The van der Waals surface area contributed by atoms with Crippen molar-refractivity contribution in [2.75, 3.05) is 49.6 Å². The van der Waals surface area contributed by atoms with E-state index in [1.54, 1.807) is 34.5 Å². The molecule has 3 aliphatic heterocycles. The molecule has 4 heterocycles. The van der Waals surface area contributed by atoms with Gasteiger partial charge in [0.05, 0.1) is 17.7 Å². The molecule has 0 unspecified atom stereocenters. The van der Waals surface area contributed by atoms with E-state index in [9.17, 15) is 13.2 Å². The van der Waals surface area contributed by atoms with Crippen LogP contribution >= 0.6 is 0 Å². The van der Waals surface area contributed by atoms with Crippen LogP contribution in [0.4, 0.5) is 11.5 Å². The van der Waals surface area contributed by atoms with E-state index < -0.39 is 10.0 Å². The number of carbonyl (C=O) groups is 1. The van der Waals surface area contributed by atoms with Gasteiger partial charge in [-0.25, -0.2) is 13.4 Å². The van der Waals surface area contributed by atoms with Gasteiger partial charge in [0.2, 0.25) is 21.8 Å². The number of amides is 1. The first-order valence-corrected chi connectivity index (χ1v) is 11.9. The zero-order valence-electron chi connectivity index (χ0n) is 17.7. The van der Waals surface area contributed by atoms with E-state index in [4.69, 9.17) is 4.74 Å². The molecule has 2 aromatic rings. The number of hydrogen-bond donors (Lipinski definition) is 0. The van der Waals surface area contributed by atoms with Crippen LogP contribution in [0.5, 0.6) is 5.88 Å². The van der Waals surface area contributed by atoms with Crippen molar-refractivity contribution in [2.45, 2.75) is 31.1 Å². The predicted molar refractivity (Wildman–Crippen MR) is 115 cm³/mol. The van der Waals surface area contributed by atoms with Gasteiger partial charge in [-0.1, -0.05) is 0 Å². The van der Waals surface area contributed by atoms with Crippen LogP contribution < -0.4 is 14.5 Å². The molecule has 3 aliphatic rings. The summed E-state index contributed by atoms with van der Waals surface area (Å²) in [6.07, 6.45) is 1.75. The second-order valence-electron chi connectivity index (χ2n) is 8.09. The average Bonchev–Trinajstić information content (AvgIpc) is 3.21. The number of hydrogen-bond acceptors (Lipinski definition) is 7. The van der Waals surface area contributed by atoms with E-state index in [2.05, 4.69) is 14.9 Å². The van der Waals surface area contributed by atoms with Gasteiger partial charge in [-0.05, 0) is 43.0 Å². The minimum atomic E-state index is -3.60. The highest BCUT2D eigenvalue weighted by Crippen LogP contribution is 2.39. The molecule has 0 radical (unpaired) electrons. The summed E-state index contributed by atoms with van der Waals surface area (Å²) in [4.78, 5) is 25.0. The molecule has 1 aromatic carbocycles. The molecule has 31 heavy (non-hydrogen) atoms. The topological polar surface area (TPSA) is 95.9 Å². The van der Waals surface area contributed by atoms with Crippen LogP contribution in [0, 0.1) is 6.92 Å². The fraction of sp³-hybridized carbons (Fsp3) is 0.476. The van der Waals surface area contributed by atoms with Gasteiger partial charge in [0.25, 0.3) is 0 Å². The zero-order valence-corrected chi connectivity index (χ0v) is 18.5. The minimum absolute atomic E-state index is 0.134. The number of rotatable bonds is 4. The maximum atomic E-state index is 13.4. The van der Waals surface area contributed by atoms with Gasteiger partial charge >= 0.3 is 0 Å². The molecule has 1 aromatic heterocycles. The van der Waals surface area contributed by atoms with Crippen molar-refractivity contribution in [2.24, 2.45) is 0 Å². The van der Waals surface area contributed by atoms with Crippen molar-refractivity contribution in [3.05, 3.63) is 35.2 Å². The summed E-state index contributed by atoms with van der Waals surface area (Å²) in [7, 11) is -2.04. The molecule has 0 N–H and O–H groups in total. The molecule has 0 saturated carbocycles. The Morgan fingerprint density at radius 3 is 2.35 bits per heavy atom. The summed E-state index contributed by atoms with van der Waals surface area (Å²) in [5.74, 6) is 1.99. The quantitative estimate of drug-likeness (QED) is 0.699. The fourth-order valence-electron chi connectivity index (χ4n) is 4.67. The highest BCUT2D eigenvalue weighted by atomic mass is 32.2. The fourth-order valence-corrected chi connectivity index (χ4v) is 6.20. The van der Waals surface area contributed by atoms with Gasteiger partial charge in [0.1, 0.15) is 11.6 Å². The lowest BCUT2D eigenvalue weighted by Gasteiger charge is -2.35. The molecule has 0 atom stereocenters. The molecule has 5 rings (SSSR count). The summed E-state index contributed by atoms with van der Waals surface area (Å²) in [6.45, 7) is 4.29. The lowest BCUT2D eigenvalue weighted by atomic mass is 10.00. The van der Waals surface area contributed by atoms with Crippen molar-refractivity contribution < 1.29 is 17.9 Å². The normalized spacial score (nSPS) is 19.0. The number of benzene rings is 1. The first-order chi connectivity index (χ1) is 14.9. The van der Waals surface area contributed by atoms with Gasteiger partial charge in [0.15, 0.2) is 0 Å². The molecule has 0 spiro atoms. The van der Waals surface area contributed by atoms with Crippen molar-refractivity contribution >= 4 is 27.4 Å². The van der Waals surface area contributed by atoms with Gasteiger partial charge in [-0.2, -0.15) is 9.29 Å². The Morgan fingerprint density at radius 2 is 1.65 bits per heavy atom. The second-order valence-corrected chi connectivity index (χ2v) is 10.0. The summed E-state index contributed by atoms with van der Waals surface area (Å²) in [5.41, 5.74) is 2.87. The van der Waals surface area contributed by atoms with Gasteiger partial charge in [-0.15, -0.1) is 0 Å². The molecule has 0 aliphatic carbocycles. The number of carbonyl (C=O) groups excluding carboxylic acids is 1. The summed E-state index contributed by atoms with van der Waals surface area (Å²) in [6, 6.07) is 5.30. The number of aryl methyl sites for hydroxylation is 2. The van der Waals surface area contributed by atoms with E-state index >= 15 is 0 Å². The van der Waals surface area contributed by atoms with Gasteiger partial charge < -0.3 is 14.5 Å². The maximum Gasteiger partial charge on any atom is 0.243 e. The van der Waals surface area contributed by atoms with Crippen LogP contribution in [0.15, 0.2) is 23.1 Å². The van der Waals surface area contributed by atoms with E-state index in [0.29, 0.717) is 68.6 Å². The summed E-state index contributed by atoms with van der Waals surface area (Å²) < 4.78 is 33.6. The Bertz CT molecular complexity index is 1160. The Labute approximate surface area is 181 Å². The van der Waals surface area contributed by atoms with Crippen LogP contribution in [0.3, 0.4) is 0 Å². The number of ether oxygens (including phenoxy) is 1. The van der Waals surface area contributed by atoms with Crippen LogP contribution in [0.2, 0.25) is 0 Å². The van der Waals surface area contributed by atoms with E-state index in [0.717, 1.165) is 22.6 Å². The molecule has 164 valence electrons. The number of methoxy groups -OCH3 is 1. The second kappa shape index (κ2) is 7.45. The lowest BCUT2D eigenvalue weighted by molar-refractivity contribution is -0.118. The van der Waals surface area contributed by atoms with Gasteiger partial charge in [-0.3, -0.25) is 4.79 Å². The van der Waals surface area contributed by atoms with Crippen molar-refractivity contribution in [1.29, 1.82) is 0 Å². The number of anilines is 2. The Kier molecular flexibility index (Phi) is 4.86. The lowest BCUT2D eigenvalue weighted by Crippen LogP contribution is -2.49. The Balaban J connectivity index is 1.36. The summed E-state index contributed by atoms with van der Waals surface area (Å²) >= 11 is 0. The number of sulfonamides is 1. The smallest absolute Gasteiger partial charge is 0.243 e. The molecular weight excluding hydrogens is 418 g/mol. The number of aromatic nitrogens is 2. The van der Waals surface area contributed by atoms with Crippen LogP contribution in [-0.2, 0) is 27.7 Å². The van der Waals surface area contributed by atoms with Gasteiger partial charge in [0, 0.05) is 45.2 Å². The molecule has 0 bridgehead atoms. The van der Waals surface area contributed by atoms with Crippen LogP contribution in [0.1, 0.15) is 23.4 Å². The van der Waals surface area contributed by atoms with Crippen molar-refractivity contribution in [1.82, 2.24) is 14.3 Å². The third kappa shape index (κ3) is 3.43. The molecular formula is C21H25N5O4S. The average molecular weight is 444 g/mol. The third-order valence-electron chi connectivity index (χ3n) is 6.24. The third-order valence-corrected chi connectivity index (χ3v) is 8.11. The zero-order chi connectivity index (χ0) is 21.8. The Hall–Kier alpha value is -2.72. The van der Waals surface area contributed by atoms with Crippen molar-refractivity contribution in [3.8, 4) is 5.88 Å². The SMILES string of the molecule is COc1cc(N2CCN(S(=O)(=O)c3cc4c5c(c3)CCN5C(=O)CC4)CC2)nc(C)n1. The molecule has 1 amide bonds. The Morgan fingerprint density at radius 1 is 0.935 bits per heavy atom. The maximum absolute atomic E-state index is 13.4.